The van der Waals surface area contributed by atoms with E-state index < -0.39 is 18.1 Å². The lowest BCUT2D eigenvalue weighted by atomic mass is 10.1. The Balaban J connectivity index is 4.37. The number of hydrogen-bond acceptors (Lipinski definition) is 7. The molecule has 0 heterocycles. The zero-order chi connectivity index (χ0) is 44.2. The van der Waals surface area contributed by atoms with Gasteiger partial charge < -0.3 is 28.6 Å². The van der Waals surface area contributed by atoms with E-state index in [1.807, 2.05) is 0 Å². The number of carbonyl (C=O) groups excluding carboxylic acids is 3. The highest BCUT2D eigenvalue weighted by atomic mass is 16.6. The first-order chi connectivity index (χ1) is 29.1. The smallest absolute Gasteiger partial charge is 0.306 e. The Labute approximate surface area is 368 Å². The van der Waals surface area contributed by atoms with Crippen molar-refractivity contribution in [2.75, 3.05) is 41.0 Å². The van der Waals surface area contributed by atoms with Crippen molar-refractivity contribution >= 4 is 17.9 Å². The van der Waals surface area contributed by atoms with Crippen LogP contribution in [-0.2, 0) is 28.6 Å². The van der Waals surface area contributed by atoms with Gasteiger partial charge in [0.15, 0.2) is 6.10 Å². The number of ether oxygens (including phenoxy) is 3. The minimum atomic E-state index is -1.13. The molecule has 0 radical (unpaired) electrons. The monoisotopic (exact) mass is 840 g/mol. The summed E-state index contributed by atoms with van der Waals surface area (Å²) in [6, 6.07) is -0.735. The Morgan fingerprint density at radius 1 is 0.517 bits per heavy atom. The van der Waals surface area contributed by atoms with E-state index in [1.54, 1.807) is 21.1 Å². The number of aliphatic carboxylic acids is 1. The number of carbonyl (C=O) groups is 3. The Hall–Kier alpha value is -3.23. The molecule has 8 nitrogen and oxygen atoms in total. The van der Waals surface area contributed by atoms with Gasteiger partial charge >= 0.3 is 11.9 Å². The van der Waals surface area contributed by atoms with Crippen LogP contribution >= 0.6 is 0 Å². The number of nitrogens with zero attached hydrogens (tertiary/aromatic N) is 1. The van der Waals surface area contributed by atoms with E-state index in [2.05, 4.69) is 86.8 Å². The lowest BCUT2D eigenvalue weighted by molar-refractivity contribution is -0.889. The molecule has 0 aliphatic heterocycles. The number of quaternary nitrogens is 1. The van der Waals surface area contributed by atoms with E-state index in [4.69, 9.17) is 14.2 Å². The number of carboxylic acid groups (broad SMARTS) is 1. The molecule has 2 unspecified atom stereocenters. The van der Waals surface area contributed by atoms with Crippen molar-refractivity contribution in [3.63, 3.8) is 0 Å². The third kappa shape index (κ3) is 40.2. The molecule has 0 bridgehead atoms. The molecule has 0 saturated carbocycles. The van der Waals surface area contributed by atoms with Crippen LogP contribution in [0.15, 0.2) is 72.9 Å². The molecular formula is C52H89NO7. The molecule has 0 aromatic heterocycles. The molecule has 60 heavy (non-hydrogen) atoms. The van der Waals surface area contributed by atoms with Gasteiger partial charge in [0.25, 0.3) is 0 Å². The maximum atomic E-state index is 12.8. The second-order valence-corrected chi connectivity index (χ2v) is 17.0. The van der Waals surface area contributed by atoms with Crippen LogP contribution in [0.2, 0.25) is 0 Å². The van der Waals surface area contributed by atoms with Crippen molar-refractivity contribution < 1.29 is 38.2 Å². The standard InChI is InChI=1S/C52H89NO7/c1-6-8-10-12-14-16-18-20-22-23-24-25-26-27-29-31-33-35-37-39-41-43-51(55)60-48(46-58-45-44-49(52(56)57)53(3,4)5)47-59-50(54)42-40-38-36-34-32-30-28-21-19-17-15-13-11-9-7-2/h14-17,19-22,24-25,27,29,48-49H,6-13,18,23,26,28,30-47H2,1-5H3/b16-14+,17-15+,21-19+,22-20+,25-24+,29-27+. The van der Waals surface area contributed by atoms with E-state index >= 15 is 0 Å². The number of likely N-dealkylation sites (N-methyl/N-ethyl adjacent to an activating group) is 1. The minimum absolute atomic E-state index is 0.0256. The van der Waals surface area contributed by atoms with Crippen molar-refractivity contribution in [2.45, 2.75) is 199 Å². The SMILES string of the molecule is CCCCC/C=C/C=C/CCCCCCCCC(=O)OCC(COCCC(C(=O)[O-])[N+](C)(C)C)OC(=O)CCCCCCC/C=C/C/C=C/C/C=C/C/C=C/CCCCC. The molecular weight excluding hydrogens is 751 g/mol. The molecule has 0 aromatic carbocycles. The molecule has 0 saturated heterocycles. The highest BCUT2D eigenvalue weighted by Crippen LogP contribution is 2.13. The molecule has 0 aliphatic rings. The van der Waals surface area contributed by atoms with E-state index in [9.17, 15) is 19.5 Å². The van der Waals surface area contributed by atoms with Gasteiger partial charge in [0.05, 0.1) is 40.3 Å². The Morgan fingerprint density at radius 2 is 0.933 bits per heavy atom. The summed E-state index contributed by atoms with van der Waals surface area (Å²) in [5.74, 6) is -1.78. The molecule has 0 N–H and O–H groups in total. The Kier molecular flexibility index (Phi) is 40.2. The fourth-order valence-electron chi connectivity index (χ4n) is 6.57. The first kappa shape index (κ1) is 56.8. The van der Waals surface area contributed by atoms with Gasteiger partial charge in [0.2, 0.25) is 0 Å². The molecule has 0 aromatic rings. The number of carboxylic acids is 1. The summed E-state index contributed by atoms with van der Waals surface area (Å²) in [4.78, 5) is 36.9. The summed E-state index contributed by atoms with van der Waals surface area (Å²) >= 11 is 0. The highest BCUT2D eigenvalue weighted by Gasteiger charge is 2.25. The third-order valence-electron chi connectivity index (χ3n) is 10.3. The van der Waals surface area contributed by atoms with Crippen LogP contribution in [0, 0.1) is 0 Å². The zero-order valence-corrected chi connectivity index (χ0v) is 39.1. The normalized spacial score (nSPS) is 13.6. The Morgan fingerprint density at radius 3 is 1.40 bits per heavy atom. The fourth-order valence-corrected chi connectivity index (χ4v) is 6.57. The van der Waals surface area contributed by atoms with E-state index in [1.165, 1.54) is 57.8 Å². The average Bonchev–Trinajstić information content (AvgIpc) is 3.21. The number of unbranched alkanes of at least 4 members (excludes halogenated alkanes) is 17. The molecule has 0 rings (SSSR count). The van der Waals surface area contributed by atoms with Gasteiger partial charge in [-0.15, -0.1) is 0 Å². The topological polar surface area (TPSA) is 102 Å². The van der Waals surface area contributed by atoms with Crippen LogP contribution in [0.1, 0.15) is 187 Å². The average molecular weight is 840 g/mol. The minimum Gasteiger partial charge on any atom is -0.544 e. The van der Waals surface area contributed by atoms with Crippen LogP contribution in [0.3, 0.4) is 0 Å². The molecule has 0 spiro atoms. The number of allylic oxidation sites excluding steroid dienone is 12. The number of esters is 2. The second kappa shape index (κ2) is 42.5. The maximum absolute atomic E-state index is 12.8. The summed E-state index contributed by atoms with van der Waals surface area (Å²) in [6.07, 6.45) is 53.5. The van der Waals surface area contributed by atoms with Crippen molar-refractivity contribution in [1.82, 2.24) is 0 Å². The summed E-state index contributed by atoms with van der Waals surface area (Å²) in [5, 5.41) is 11.6. The predicted octanol–water partition coefficient (Wildman–Crippen LogP) is 12.2. The van der Waals surface area contributed by atoms with Gasteiger partial charge in [-0.2, -0.15) is 0 Å². The number of hydrogen-bond donors (Lipinski definition) is 0. The lowest BCUT2D eigenvalue weighted by Crippen LogP contribution is -2.55. The molecule has 344 valence electrons. The van der Waals surface area contributed by atoms with Gasteiger partial charge in [0.1, 0.15) is 12.6 Å². The molecule has 8 heteroatoms. The van der Waals surface area contributed by atoms with Gasteiger partial charge in [-0.1, -0.05) is 157 Å². The largest absolute Gasteiger partial charge is 0.544 e. The van der Waals surface area contributed by atoms with Crippen LogP contribution in [0.5, 0.6) is 0 Å². The van der Waals surface area contributed by atoms with Crippen LogP contribution in [0.25, 0.3) is 0 Å². The van der Waals surface area contributed by atoms with Crippen molar-refractivity contribution in [1.29, 1.82) is 0 Å². The van der Waals surface area contributed by atoms with Gasteiger partial charge in [-0.3, -0.25) is 9.59 Å². The molecule has 0 amide bonds. The second-order valence-electron chi connectivity index (χ2n) is 17.0. The van der Waals surface area contributed by atoms with Crippen molar-refractivity contribution in [3.05, 3.63) is 72.9 Å². The summed E-state index contributed by atoms with van der Waals surface area (Å²) in [6.45, 7) is 4.57. The summed E-state index contributed by atoms with van der Waals surface area (Å²) < 4.78 is 17.2. The van der Waals surface area contributed by atoms with E-state index in [0.29, 0.717) is 12.8 Å². The molecule has 2 atom stereocenters. The third-order valence-corrected chi connectivity index (χ3v) is 10.3. The van der Waals surface area contributed by atoms with E-state index in [0.717, 1.165) is 96.3 Å². The number of rotatable bonds is 42. The Bertz CT molecular complexity index is 1210. The quantitative estimate of drug-likeness (QED) is 0.0198. The lowest BCUT2D eigenvalue weighted by Gasteiger charge is -2.34. The first-order valence-electron chi connectivity index (χ1n) is 24.0. The highest BCUT2D eigenvalue weighted by molar-refractivity contribution is 5.70. The first-order valence-corrected chi connectivity index (χ1v) is 24.0. The fraction of sp³-hybridized carbons (Fsp3) is 0.712. The van der Waals surface area contributed by atoms with Gasteiger partial charge in [-0.05, 0) is 83.5 Å². The summed E-state index contributed by atoms with van der Waals surface area (Å²) in [7, 11) is 5.39. The molecule has 0 aliphatic carbocycles. The predicted molar refractivity (Wildman–Crippen MR) is 249 cm³/mol. The van der Waals surface area contributed by atoms with Gasteiger partial charge in [0, 0.05) is 19.3 Å². The van der Waals surface area contributed by atoms with Crippen molar-refractivity contribution in [2.24, 2.45) is 0 Å². The van der Waals surface area contributed by atoms with Crippen LogP contribution in [0.4, 0.5) is 0 Å². The van der Waals surface area contributed by atoms with Crippen LogP contribution in [-0.4, -0.2) is 75.5 Å². The molecule has 0 fully saturated rings. The van der Waals surface area contributed by atoms with E-state index in [-0.39, 0.29) is 42.7 Å². The zero-order valence-electron chi connectivity index (χ0n) is 39.1. The maximum Gasteiger partial charge on any atom is 0.306 e. The van der Waals surface area contributed by atoms with Gasteiger partial charge in [-0.25, -0.2) is 0 Å². The summed E-state index contributed by atoms with van der Waals surface area (Å²) in [5.41, 5.74) is 0. The van der Waals surface area contributed by atoms with Crippen molar-refractivity contribution in [3.8, 4) is 0 Å². The van der Waals surface area contributed by atoms with Crippen LogP contribution < -0.4 is 5.11 Å².